The molecule has 0 N–H and O–H groups in total. The maximum absolute atomic E-state index is 6.21. The lowest BCUT2D eigenvalue weighted by Gasteiger charge is -2.46. The SMILES string of the molecule is CCC1OC(c2ccccc2)OC2=CCC(C)N(C)C21. The van der Waals surface area contributed by atoms with E-state index in [2.05, 4.69) is 44.0 Å². The van der Waals surface area contributed by atoms with Gasteiger partial charge in [0.1, 0.15) is 5.76 Å². The summed E-state index contributed by atoms with van der Waals surface area (Å²) >= 11 is 0. The standard InChI is InChI=1S/C17H23NO2/c1-4-14-16-15(11-10-12(2)18(16)3)20-17(19-14)13-8-6-5-7-9-13/h5-9,11-12,14,16-17H,4,10H2,1-3H3. The zero-order valence-electron chi connectivity index (χ0n) is 12.5. The highest BCUT2D eigenvalue weighted by molar-refractivity contribution is 5.20. The molecule has 3 rings (SSSR count). The van der Waals surface area contributed by atoms with Gasteiger partial charge in [0.25, 0.3) is 0 Å². The lowest BCUT2D eigenvalue weighted by atomic mass is 9.95. The molecule has 1 fully saturated rings. The molecule has 1 saturated heterocycles. The third-order valence-corrected chi connectivity index (χ3v) is 4.45. The van der Waals surface area contributed by atoms with Crippen molar-refractivity contribution in [3.05, 3.63) is 47.7 Å². The Morgan fingerprint density at radius 2 is 2.00 bits per heavy atom. The van der Waals surface area contributed by atoms with Gasteiger partial charge in [-0.1, -0.05) is 37.3 Å². The summed E-state index contributed by atoms with van der Waals surface area (Å²) in [4.78, 5) is 2.38. The monoisotopic (exact) mass is 273 g/mol. The summed E-state index contributed by atoms with van der Waals surface area (Å²) in [7, 11) is 2.17. The minimum Gasteiger partial charge on any atom is -0.463 e. The Hall–Kier alpha value is -1.32. The van der Waals surface area contributed by atoms with Crippen LogP contribution in [0.25, 0.3) is 0 Å². The number of nitrogens with zero attached hydrogens (tertiary/aromatic N) is 1. The number of ether oxygens (including phenoxy) is 2. The van der Waals surface area contributed by atoms with Crippen LogP contribution in [-0.2, 0) is 9.47 Å². The second-order valence-corrected chi connectivity index (χ2v) is 5.74. The second-order valence-electron chi connectivity index (χ2n) is 5.74. The Morgan fingerprint density at radius 1 is 1.25 bits per heavy atom. The van der Waals surface area contributed by atoms with Gasteiger partial charge in [0, 0.05) is 11.6 Å². The molecule has 0 radical (unpaired) electrons. The molecule has 3 nitrogen and oxygen atoms in total. The van der Waals surface area contributed by atoms with Crippen LogP contribution in [0.1, 0.15) is 38.5 Å². The van der Waals surface area contributed by atoms with Gasteiger partial charge in [-0.25, -0.2) is 0 Å². The number of hydrogen-bond donors (Lipinski definition) is 0. The van der Waals surface area contributed by atoms with Gasteiger partial charge < -0.3 is 9.47 Å². The Bertz CT molecular complexity index is 485. The highest BCUT2D eigenvalue weighted by atomic mass is 16.7. The lowest BCUT2D eigenvalue weighted by molar-refractivity contribution is -0.218. The van der Waals surface area contributed by atoms with Crippen LogP contribution >= 0.6 is 0 Å². The molecule has 1 aromatic carbocycles. The fourth-order valence-corrected chi connectivity index (χ4v) is 3.07. The first-order chi connectivity index (χ1) is 9.70. The van der Waals surface area contributed by atoms with E-state index in [0.29, 0.717) is 6.04 Å². The van der Waals surface area contributed by atoms with Crippen LogP contribution in [0.15, 0.2) is 42.2 Å². The molecule has 0 amide bonds. The smallest absolute Gasteiger partial charge is 0.226 e. The van der Waals surface area contributed by atoms with Crippen LogP contribution in [-0.4, -0.2) is 30.1 Å². The van der Waals surface area contributed by atoms with Crippen LogP contribution in [0.3, 0.4) is 0 Å². The van der Waals surface area contributed by atoms with E-state index in [-0.39, 0.29) is 18.4 Å². The zero-order chi connectivity index (χ0) is 14.1. The molecule has 1 aromatic rings. The summed E-state index contributed by atoms with van der Waals surface area (Å²) < 4.78 is 12.3. The molecule has 3 heteroatoms. The largest absolute Gasteiger partial charge is 0.463 e. The van der Waals surface area contributed by atoms with Gasteiger partial charge in [-0.3, -0.25) is 4.90 Å². The van der Waals surface area contributed by atoms with Crippen molar-refractivity contribution in [3.63, 3.8) is 0 Å². The summed E-state index contributed by atoms with van der Waals surface area (Å²) in [5.74, 6) is 1.08. The van der Waals surface area contributed by atoms with Gasteiger partial charge in [-0.2, -0.15) is 0 Å². The van der Waals surface area contributed by atoms with Crippen molar-refractivity contribution in [2.75, 3.05) is 7.05 Å². The number of hydrogen-bond acceptors (Lipinski definition) is 3. The molecule has 2 aliphatic rings. The summed E-state index contributed by atoms with van der Waals surface area (Å²) in [6.45, 7) is 4.44. The molecule has 4 atom stereocenters. The van der Waals surface area contributed by atoms with E-state index in [1.165, 1.54) is 0 Å². The van der Waals surface area contributed by atoms with Crippen molar-refractivity contribution in [3.8, 4) is 0 Å². The van der Waals surface area contributed by atoms with E-state index in [0.717, 1.165) is 24.2 Å². The van der Waals surface area contributed by atoms with Gasteiger partial charge in [-0.05, 0) is 32.9 Å². The first-order valence-electron chi connectivity index (χ1n) is 7.49. The molecule has 0 spiro atoms. The van der Waals surface area contributed by atoms with Crippen LogP contribution in [0.5, 0.6) is 0 Å². The summed E-state index contributed by atoms with van der Waals surface area (Å²) in [6, 6.07) is 11.0. The minimum atomic E-state index is -0.273. The highest BCUT2D eigenvalue weighted by Gasteiger charge is 2.41. The lowest BCUT2D eigenvalue weighted by Crippen LogP contribution is -2.53. The highest BCUT2D eigenvalue weighted by Crippen LogP contribution is 2.38. The summed E-state index contributed by atoms with van der Waals surface area (Å²) in [5, 5.41) is 0. The van der Waals surface area contributed by atoms with E-state index >= 15 is 0 Å². The number of fused-ring (bicyclic) bond motifs is 1. The van der Waals surface area contributed by atoms with Crippen LogP contribution in [0.4, 0.5) is 0 Å². The van der Waals surface area contributed by atoms with Crippen LogP contribution in [0, 0.1) is 0 Å². The van der Waals surface area contributed by atoms with Gasteiger partial charge in [0.05, 0.1) is 12.1 Å². The topological polar surface area (TPSA) is 21.7 Å². The Kier molecular flexibility index (Phi) is 3.81. The first-order valence-corrected chi connectivity index (χ1v) is 7.49. The van der Waals surface area contributed by atoms with Crippen LogP contribution in [0.2, 0.25) is 0 Å². The zero-order valence-corrected chi connectivity index (χ0v) is 12.5. The van der Waals surface area contributed by atoms with Crippen molar-refractivity contribution in [2.45, 2.75) is 51.2 Å². The van der Waals surface area contributed by atoms with Gasteiger partial charge in [-0.15, -0.1) is 0 Å². The summed E-state index contributed by atoms with van der Waals surface area (Å²) in [5.41, 5.74) is 1.09. The maximum atomic E-state index is 6.21. The van der Waals surface area contributed by atoms with Gasteiger partial charge in [0.2, 0.25) is 6.29 Å². The molecule has 0 saturated carbocycles. The molecular weight excluding hydrogens is 250 g/mol. The van der Waals surface area contributed by atoms with Crippen molar-refractivity contribution < 1.29 is 9.47 Å². The van der Waals surface area contributed by atoms with Crippen molar-refractivity contribution in [1.29, 1.82) is 0 Å². The quantitative estimate of drug-likeness (QED) is 0.823. The predicted molar refractivity (Wildman–Crippen MR) is 79.1 cm³/mol. The van der Waals surface area contributed by atoms with Crippen molar-refractivity contribution in [2.24, 2.45) is 0 Å². The average molecular weight is 273 g/mol. The third kappa shape index (κ3) is 2.36. The van der Waals surface area contributed by atoms with Gasteiger partial charge >= 0.3 is 0 Å². The van der Waals surface area contributed by atoms with Gasteiger partial charge in [0.15, 0.2) is 0 Å². The molecule has 2 heterocycles. The number of rotatable bonds is 2. The fourth-order valence-electron chi connectivity index (χ4n) is 3.07. The first kappa shape index (κ1) is 13.7. The molecule has 0 aromatic heterocycles. The minimum absolute atomic E-state index is 0.188. The number of benzene rings is 1. The Morgan fingerprint density at radius 3 is 2.70 bits per heavy atom. The van der Waals surface area contributed by atoms with E-state index in [1.807, 2.05) is 18.2 Å². The van der Waals surface area contributed by atoms with Crippen molar-refractivity contribution >= 4 is 0 Å². The van der Waals surface area contributed by atoms with Crippen molar-refractivity contribution in [1.82, 2.24) is 4.90 Å². The molecule has 108 valence electrons. The normalized spacial score (nSPS) is 34.0. The average Bonchev–Trinajstić information content (AvgIpc) is 2.50. The fraction of sp³-hybridized carbons (Fsp3) is 0.529. The van der Waals surface area contributed by atoms with E-state index < -0.39 is 0 Å². The summed E-state index contributed by atoms with van der Waals surface area (Å²) in [6.07, 6.45) is 4.20. The molecule has 2 aliphatic heterocycles. The Balaban J connectivity index is 1.88. The molecule has 4 unspecified atom stereocenters. The van der Waals surface area contributed by atoms with E-state index in [1.54, 1.807) is 0 Å². The second kappa shape index (κ2) is 5.58. The predicted octanol–water partition coefficient (Wildman–Crippen LogP) is 3.49. The molecule has 20 heavy (non-hydrogen) atoms. The molecule has 0 aliphatic carbocycles. The van der Waals surface area contributed by atoms with E-state index in [4.69, 9.17) is 9.47 Å². The molecular formula is C17H23NO2. The van der Waals surface area contributed by atoms with Crippen LogP contribution < -0.4 is 0 Å². The third-order valence-electron chi connectivity index (χ3n) is 4.45. The maximum Gasteiger partial charge on any atom is 0.226 e. The molecule has 0 bridgehead atoms. The number of likely N-dealkylation sites (N-methyl/N-ethyl adjacent to an activating group) is 1. The van der Waals surface area contributed by atoms with E-state index in [9.17, 15) is 0 Å². The Labute approximate surface area is 121 Å².